The lowest BCUT2D eigenvalue weighted by molar-refractivity contribution is -0.156. The van der Waals surface area contributed by atoms with Gasteiger partial charge in [0.1, 0.15) is 0 Å². The number of fused-ring (bicyclic) bond motifs is 4. The molecule has 3 fully saturated rings. The summed E-state index contributed by atoms with van der Waals surface area (Å²) in [5.74, 6) is -0.114. The van der Waals surface area contributed by atoms with Gasteiger partial charge in [-0.1, -0.05) is 12.1 Å². The summed E-state index contributed by atoms with van der Waals surface area (Å²) in [4.78, 5) is 38.9. The third kappa shape index (κ3) is 2.18. The summed E-state index contributed by atoms with van der Waals surface area (Å²) in [6.07, 6.45) is 4.24. The van der Waals surface area contributed by atoms with Crippen LogP contribution in [0.2, 0.25) is 0 Å². The molecule has 1 aromatic rings. The third-order valence-electron chi connectivity index (χ3n) is 6.14. The second-order valence-corrected chi connectivity index (χ2v) is 7.15. The molecule has 0 spiro atoms. The molecule has 3 aliphatic carbocycles. The molecule has 2 atom stereocenters. The Morgan fingerprint density at radius 2 is 1.58 bits per heavy atom. The fraction of sp³-hybridized carbons (Fsp3) is 0.526. The summed E-state index contributed by atoms with van der Waals surface area (Å²) in [6, 6.07) is 6.93. The van der Waals surface area contributed by atoms with Crippen LogP contribution in [0.3, 0.4) is 0 Å². The van der Waals surface area contributed by atoms with Crippen molar-refractivity contribution in [2.24, 2.45) is 23.7 Å². The minimum atomic E-state index is -0.235. The Balaban J connectivity index is 1.61. The van der Waals surface area contributed by atoms with E-state index in [2.05, 4.69) is 0 Å². The molecule has 2 amide bonds. The van der Waals surface area contributed by atoms with Crippen molar-refractivity contribution in [2.45, 2.75) is 25.7 Å². The molecule has 5 rings (SSSR count). The molecule has 126 valence electrons. The second kappa shape index (κ2) is 5.72. The number of ether oxygens (including phenoxy) is 1. The van der Waals surface area contributed by atoms with E-state index < -0.39 is 0 Å². The van der Waals surface area contributed by atoms with Gasteiger partial charge in [-0.05, 0) is 55.6 Å². The molecule has 2 unspecified atom stereocenters. The lowest BCUT2D eigenvalue weighted by Gasteiger charge is -2.48. The Bertz CT molecular complexity index is 670. The maximum atomic E-state index is 12.6. The lowest BCUT2D eigenvalue weighted by Crippen LogP contribution is -2.50. The zero-order valence-corrected chi connectivity index (χ0v) is 13.7. The smallest absolute Gasteiger partial charge is 0.309 e. The molecule has 0 aromatic heterocycles. The van der Waals surface area contributed by atoms with Gasteiger partial charge in [-0.2, -0.15) is 0 Å². The molecule has 0 N–H and O–H groups in total. The summed E-state index contributed by atoms with van der Waals surface area (Å²) < 4.78 is 5.03. The minimum Gasteiger partial charge on any atom is -0.469 e. The van der Waals surface area contributed by atoms with E-state index in [1.54, 1.807) is 24.3 Å². The van der Waals surface area contributed by atoms with Crippen molar-refractivity contribution in [1.29, 1.82) is 0 Å². The first-order valence-corrected chi connectivity index (χ1v) is 8.65. The van der Waals surface area contributed by atoms with Crippen LogP contribution in [0.25, 0.3) is 0 Å². The first-order valence-electron chi connectivity index (χ1n) is 8.65. The molecular formula is C19H21NO4. The molecule has 5 heteroatoms. The molecule has 4 aliphatic rings. The van der Waals surface area contributed by atoms with Gasteiger partial charge in [-0.15, -0.1) is 0 Å². The van der Waals surface area contributed by atoms with Gasteiger partial charge in [-0.25, -0.2) is 0 Å². The molecule has 0 radical (unpaired) electrons. The predicted octanol–water partition coefficient (Wildman–Crippen LogP) is 2.51. The standard InChI is InChI=1S/C19H21NO4/c1-24-19(23)16-12-8-6-11(7-9-12)15(16)10-20-17(21)13-4-2-3-5-14(13)18(20)22/h2-5,11-12,15-16H,6-10H2,1H3. The molecule has 1 heterocycles. The lowest BCUT2D eigenvalue weighted by atomic mass is 9.58. The van der Waals surface area contributed by atoms with Crippen LogP contribution in [0.4, 0.5) is 0 Å². The summed E-state index contributed by atoms with van der Waals surface area (Å²) in [5.41, 5.74) is 0.941. The molecule has 2 bridgehead atoms. The number of hydrogen-bond acceptors (Lipinski definition) is 4. The summed E-state index contributed by atoms with van der Waals surface area (Å²) >= 11 is 0. The van der Waals surface area contributed by atoms with Gasteiger partial charge in [0.2, 0.25) is 0 Å². The Hall–Kier alpha value is -2.17. The molecule has 3 saturated carbocycles. The largest absolute Gasteiger partial charge is 0.469 e. The zero-order chi connectivity index (χ0) is 16.8. The van der Waals surface area contributed by atoms with Crippen molar-refractivity contribution in [3.63, 3.8) is 0 Å². The average Bonchev–Trinajstić information content (AvgIpc) is 2.87. The van der Waals surface area contributed by atoms with Crippen LogP contribution in [0.15, 0.2) is 24.3 Å². The highest BCUT2D eigenvalue weighted by Gasteiger charge is 2.50. The van der Waals surface area contributed by atoms with Crippen LogP contribution < -0.4 is 0 Å². The van der Waals surface area contributed by atoms with Gasteiger partial charge in [0.05, 0.1) is 24.2 Å². The normalized spacial score (nSPS) is 31.3. The minimum absolute atomic E-state index is 0.0205. The van der Waals surface area contributed by atoms with Crippen molar-refractivity contribution in [1.82, 2.24) is 4.90 Å². The van der Waals surface area contributed by atoms with Crippen LogP contribution in [0, 0.1) is 23.7 Å². The third-order valence-corrected chi connectivity index (χ3v) is 6.14. The van der Waals surface area contributed by atoms with Gasteiger partial charge in [0.25, 0.3) is 11.8 Å². The average molecular weight is 327 g/mol. The van der Waals surface area contributed by atoms with Crippen molar-refractivity contribution in [2.75, 3.05) is 13.7 Å². The van der Waals surface area contributed by atoms with Gasteiger partial charge < -0.3 is 4.74 Å². The number of hydrogen-bond donors (Lipinski definition) is 0. The highest BCUT2D eigenvalue weighted by atomic mass is 16.5. The van der Waals surface area contributed by atoms with Crippen molar-refractivity contribution >= 4 is 17.8 Å². The van der Waals surface area contributed by atoms with E-state index in [9.17, 15) is 14.4 Å². The Kier molecular flexibility index (Phi) is 3.66. The maximum absolute atomic E-state index is 12.6. The number of rotatable bonds is 3. The number of methoxy groups -OCH3 is 1. The van der Waals surface area contributed by atoms with E-state index >= 15 is 0 Å². The summed E-state index contributed by atoms with van der Waals surface area (Å²) in [7, 11) is 1.42. The fourth-order valence-electron chi connectivity index (χ4n) is 4.96. The van der Waals surface area contributed by atoms with Crippen molar-refractivity contribution in [3.8, 4) is 0 Å². The Morgan fingerprint density at radius 1 is 1.04 bits per heavy atom. The maximum Gasteiger partial charge on any atom is 0.309 e. The van der Waals surface area contributed by atoms with E-state index in [0.717, 1.165) is 25.7 Å². The monoisotopic (exact) mass is 327 g/mol. The molecular weight excluding hydrogens is 306 g/mol. The van der Waals surface area contributed by atoms with Crippen molar-refractivity contribution < 1.29 is 19.1 Å². The van der Waals surface area contributed by atoms with E-state index in [1.807, 2.05) is 0 Å². The molecule has 0 saturated heterocycles. The van der Waals surface area contributed by atoms with Crippen LogP contribution in [0.5, 0.6) is 0 Å². The van der Waals surface area contributed by atoms with Gasteiger partial charge in [-0.3, -0.25) is 19.3 Å². The number of amides is 2. The summed E-state index contributed by atoms with van der Waals surface area (Å²) in [5, 5.41) is 0. The highest BCUT2D eigenvalue weighted by molar-refractivity contribution is 6.21. The first kappa shape index (κ1) is 15.4. The second-order valence-electron chi connectivity index (χ2n) is 7.15. The number of benzene rings is 1. The number of esters is 1. The van der Waals surface area contributed by atoms with Gasteiger partial charge in [0, 0.05) is 6.54 Å². The van der Waals surface area contributed by atoms with Gasteiger partial charge in [0.15, 0.2) is 0 Å². The van der Waals surface area contributed by atoms with E-state index in [4.69, 9.17) is 4.74 Å². The van der Waals surface area contributed by atoms with Crippen LogP contribution in [-0.2, 0) is 9.53 Å². The number of carbonyl (C=O) groups excluding carboxylic acids is 3. The number of imide groups is 1. The summed E-state index contributed by atoms with van der Waals surface area (Å²) in [6.45, 7) is 0.327. The Morgan fingerprint density at radius 3 is 2.12 bits per heavy atom. The Labute approximate surface area is 141 Å². The van der Waals surface area contributed by atoms with E-state index in [0.29, 0.717) is 29.5 Å². The molecule has 24 heavy (non-hydrogen) atoms. The van der Waals surface area contributed by atoms with Crippen molar-refractivity contribution in [3.05, 3.63) is 35.4 Å². The van der Waals surface area contributed by atoms with Crippen LogP contribution in [0.1, 0.15) is 46.4 Å². The molecule has 1 aromatic carbocycles. The zero-order valence-electron chi connectivity index (χ0n) is 13.7. The van der Waals surface area contributed by atoms with Gasteiger partial charge >= 0.3 is 5.97 Å². The highest BCUT2D eigenvalue weighted by Crippen LogP contribution is 2.49. The first-order chi connectivity index (χ1) is 11.6. The number of carbonyl (C=O) groups is 3. The van der Waals surface area contributed by atoms with E-state index in [-0.39, 0.29) is 29.6 Å². The van der Waals surface area contributed by atoms with Crippen LogP contribution in [-0.4, -0.2) is 36.3 Å². The molecule has 1 aliphatic heterocycles. The molecule has 5 nitrogen and oxygen atoms in total. The SMILES string of the molecule is COC(=O)C1C2CCC(CC2)C1CN1C(=O)c2ccccc2C1=O. The topological polar surface area (TPSA) is 63.7 Å². The van der Waals surface area contributed by atoms with Crippen LogP contribution >= 0.6 is 0 Å². The number of nitrogens with zero attached hydrogens (tertiary/aromatic N) is 1. The fourth-order valence-corrected chi connectivity index (χ4v) is 4.96. The predicted molar refractivity (Wildman–Crippen MR) is 86.3 cm³/mol. The quantitative estimate of drug-likeness (QED) is 0.632. The van der Waals surface area contributed by atoms with E-state index in [1.165, 1.54) is 12.0 Å².